The molecule has 1 amide bonds. The normalized spacial score (nSPS) is 11.1. The Morgan fingerprint density at radius 1 is 1.18 bits per heavy atom. The molecule has 22 heavy (non-hydrogen) atoms. The molecule has 0 aliphatic rings. The van der Waals surface area contributed by atoms with Crippen molar-refractivity contribution in [2.24, 2.45) is 0 Å². The molecule has 2 rings (SSSR count). The van der Waals surface area contributed by atoms with Crippen molar-refractivity contribution < 1.29 is 4.79 Å². The van der Waals surface area contributed by atoms with Gasteiger partial charge in [-0.15, -0.1) is 0 Å². The molecule has 1 heterocycles. The van der Waals surface area contributed by atoms with Crippen LogP contribution in [0.1, 0.15) is 36.7 Å². The van der Waals surface area contributed by atoms with E-state index in [0.29, 0.717) is 11.5 Å². The third-order valence-corrected chi connectivity index (χ3v) is 3.33. The Labute approximate surface area is 138 Å². The number of nitrogens with zero attached hydrogens (tertiary/aromatic N) is 2. The fourth-order valence-electron chi connectivity index (χ4n) is 1.81. The number of aryl methyl sites for hydroxylation is 1. The summed E-state index contributed by atoms with van der Waals surface area (Å²) in [5.41, 5.74) is 2.04. The topological polar surface area (TPSA) is 66.9 Å². The van der Waals surface area contributed by atoms with Gasteiger partial charge in [0, 0.05) is 28.1 Å². The molecule has 0 aliphatic heterocycles. The Morgan fingerprint density at radius 2 is 1.82 bits per heavy atom. The first kappa shape index (κ1) is 16.4. The van der Waals surface area contributed by atoms with Crippen LogP contribution in [0.5, 0.6) is 0 Å². The van der Waals surface area contributed by atoms with Crippen LogP contribution >= 0.6 is 15.9 Å². The van der Waals surface area contributed by atoms with E-state index >= 15 is 0 Å². The quantitative estimate of drug-likeness (QED) is 0.865. The number of hydrogen-bond donors (Lipinski definition) is 2. The van der Waals surface area contributed by atoms with Crippen molar-refractivity contribution in [2.45, 2.75) is 33.2 Å². The summed E-state index contributed by atoms with van der Waals surface area (Å²) >= 11 is 3.40. The highest BCUT2D eigenvalue weighted by Crippen LogP contribution is 2.20. The Kier molecular flexibility index (Phi) is 4.81. The molecular formula is C16H19BrN4O. The van der Waals surface area contributed by atoms with Crippen LogP contribution < -0.4 is 10.6 Å². The van der Waals surface area contributed by atoms with Crippen LogP contribution in [-0.4, -0.2) is 21.4 Å². The number of benzene rings is 1. The first-order valence-corrected chi connectivity index (χ1v) is 7.72. The van der Waals surface area contributed by atoms with Gasteiger partial charge in [0.15, 0.2) is 0 Å². The lowest BCUT2D eigenvalue weighted by Gasteiger charge is -2.20. The molecule has 2 N–H and O–H groups in total. The van der Waals surface area contributed by atoms with Crippen LogP contribution in [0.15, 0.2) is 35.1 Å². The monoisotopic (exact) mass is 362 g/mol. The zero-order valence-corrected chi connectivity index (χ0v) is 14.7. The van der Waals surface area contributed by atoms with Crippen LogP contribution in [0, 0.1) is 6.92 Å². The van der Waals surface area contributed by atoms with E-state index in [2.05, 4.69) is 36.5 Å². The summed E-state index contributed by atoms with van der Waals surface area (Å²) in [5.74, 6) is 0.275. The van der Waals surface area contributed by atoms with Crippen molar-refractivity contribution in [3.8, 4) is 0 Å². The molecule has 0 aliphatic carbocycles. The lowest BCUT2D eigenvalue weighted by atomic mass is 10.1. The van der Waals surface area contributed by atoms with Gasteiger partial charge in [0.05, 0.1) is 5.56 Å². The van der Waals surface area contributed by atoms with E-state index in [4.69, 9.17) is 0 Å². The lowest BCUT2D eigenvalue weighted by molar-refractivity contribution is 0.102. The summed E-state index contributed by atoms with van der Waals surface area (Å²) in [5, 5.41) is 6.01. The maximum absolute atomic E-state index is 12.2. The Hall–Kier alpha value is -1.95. The van der Waals surface area contributed by atoms with Crippen LogP contribution in [0.2, 0.25) is 0 Å². The minimum Gasteiger partial charge on any atom is -0.350 e. The van der Waals surface area contributed by atoms with Gasteiger partial charge in [-0.2, -0.15) is 0 Å². The highest BCUT2D eigenvalue weighted by Gasteiger charge is 2.13. The van der Waals surface area contributed by atoms with Gasteiger partial charge in [-0.3, -0.25) is 4.79 Å². The van der Waals surface area contributed by atoms with Gasteiger partial charge < -0.3 is 10.6 Å². The summed E-state index contributed by atoms with van der Waals surface area (Å²) in [6.45, 7) is 8.00. The van der Waals surface area contributed by atoms with Gasteiger partial charge in [-0.05, 0) is 51.5 Å². The fraction of sp³-hybridized carbons (Fsp3) is 0.312. The molecular weight excluding hydrogens is 344 g/mol. The maximum Gasteiger partial charge on any atom is 0.258 e. The molecule has 0 atom stereocenters. The van der Waals surface area contributed by atoms with Gasteiger partial charge in [-0.25, -0.2) is 9.97 Å². The summed E-state index contributed by atoms with van der Waals surface area (Å²) < 4.78 is 0.976. The number of hydrogen-bond acceptors (Lipinski definition) is 4. The Balaban J connectivity index is 2.10. The number of aromatic nitrogens is 2. The SMILES string of the molecule is Cc1cc(Br)ccc1NC(=O)c1cnc(NC(C)(C)C)nc1. The van der Waals surface area contributed by atoms with Crippen molar-refractivity contribution in [2.75, 3.05) is 10.6 Å². The highest BCUT2D eigenvalue weighted by molar-refractivity contribution is 9.10. The molecule has 0 fully saturated rings. The van der Waals surface area contributed by atoms with Crippen molar-refractivity contribution in [3.63, 3.8) is 0 Å². The van der Waals surface area contributed by atoms with E-state index in [1.54, 1.807) is 0 Å². The smallest absolute Gasteiger partial charge is 0.258 e. The molecule has 6 heteroatoms. The highest BCUT2D eigenvalue weighted by atomic mass is 79.9. The molecule has 0 saturated heterocycles. The minimum atomic E-state index is -0.229. The third kappa shape index (κ3) is 4.53. The third-order valence-electron chi connectivity index (χ3n) is 2.84. The molecule has 1 aromatic carbocycles. The zero-order valence-electron chi connectivity index (χ0n) is 13.1. The second-order valence-corrected chi connectivity index (χ2v) is 7.00. The van der Waals surface area contributed by atoms with E-state index in [9.17, 15) is 4.79 Å². The molecule has 1 aromatic heterocycles. The molecule has 0 spiro atoms. The number of halogens is 1. The molecule has 0 radical (unpaired) electrons. The van der Waals surface area contributed by atoms with Gasteiger partial charge in [0.1, 0.15) is 0 Å². The standard InChI is InChI=1S/C16H19BrN4O/c1-10-7-12(17)5-6-13(10)20-14(22)11-8-18-15(19-9-11)21-16(2,3)4/h5-9H,1-4H3,(H,20,22)(H,18,19,21). The average molecular weight is 363 g/mol. The number of rotatable bonds is 3. The van der Waals surface area contributed by atoms with Crippen molar-refractivity contribution in [3.05, 3.63) is 46.2 Å². The molecule has 0 bridgehead atoms. The number of carbonyl (C=O) groups is 1. The van der Waals surface area contributed by atoms with Crippen LogP contribution in [0.25, 0.3) is 0 Å². The number of amides is 1. The fourth-order valence-corrected chi connectivity index (χ4v) is 2.28. The van der Waals surface area contributed by atoms with Gasteiger partial charge in [0.2, 0.25) is 5.95 Å². The van der Waals surface area contributed by atoms with Crippen LogP contribution in [0.4, 0.5) is 11.6 Å². The predicted octanol–water partition coefficient (Wildman–Crippen LogP) is 4.01. The summed E-state index contributed by atoms with van der Waals surface area (Å²) in [4.78, 5) is 20.6. The van der Waals surface area contributed by atoms with Gasteiger partial charge >= 0.3 is 0 Å². The first-order valence-electron chi connectivity index (χ1n) is 6.92. The van der Waals surface area contributed by atoms with Crippen LogP contribution in [0.3, 0.4) is 0 Å². The molecule has 0 unspecified atom stereocenters. The van der Waals surface area contributed by atoms with Crippen molar-refractivity contribution in [1.82, 2.24) is 9.97 Å². The number of carbonyl (C=O) groups excluding carboxylic acids is 1. The van der Waals surface area contributed by atoms with E-state index < -0.39 is 0 Å². The summed E-state index contributed by atoms with van der Waals surface area (Å²) in [6.07, 6.45) is 3.04. The predicted molar refractivity (Wildman–Crippen MR) is 92.2 cm³/mol. The minimum absolute atomic E-state index is 0.127. The largest absolute Gasteiger partial charge is 0.350 e. The van der Waals surface area contributed by atoms with Crippen molar-refractivity contribution in [1.29, 1.82) is 0 Å². The van der Waals surface area contributed by atoms with Gasteiger partial charge in [0.25, 0.3) is 5.91 Å². The lowest BCUT2D eigenvalue weighted by Crippen LogP contribution is -2.27. The number of nitrogens with one attached hydrogen (secondary N) is 2. The first-order chi connectivity index (χ1) is 10.2. The second kappa shape index (κ2) is 6.44. The average Bonchev–Trinajstić information content (AvgIpc) is 2.41. The maximum atomic E-state index is 12.2. The van der Waals surface area contributed by atoms with E-state index in [1.807, 2.05) is 45.9 Å². The Bertz CT molecular complexity index is 678. The van der Waals surface area contributed by atoms with E-state index in [0.717, 1.165) is 15.7 Å². The Morgan fingerprint density at radius 3 is 2.36 bits per heavy atom. The molecule has 2 aromatic rings. The van der Waals surface area contributed by atoms with E-state index in [1.165, 1.54) is 12.4 Å². The summed E-state index contributed by atoms with van der Waals surface area (Å²) in [6, 6.07) is 5.69. The number of anilines is 2. The summed E-state index contributed by atoms with van der Waals surface area (Å²) in [7, 11) is 0. The molecule has 5 nitrogen and oxygen atoms in total. The van der Waals surface area contributed by atoms with Crippen molar-refractivity contribution >= 4 is 33.5 Å². The molecule has 0 saturated carbocycles. The van der Waals surface area contributed by atoms with E-state index in [-0.39, 0.29) is 11.4 Å². The molecule has 116 valence electrons. The zero-order chi connectivity index (χ0) is 16.3. The van der Waals surface area contributed by atoms with Crippen LogP contribution in [-0.2, 0) is 0 Å². The van der Waals surface area contributed by atoms with Gasteiger partial charge in [-0.1, -0.05) is 15.9 Å². The second-order valence-electron chi connectivity index (χ2n) is 6.08.